The Bertz CT molecular complexity index is 762. The highest BCUT2D eigenvalue weighted by molar-refractivity contribution is 6.39. The zero-order valence-electron chi connectivity index (χ0n) is 11.3. The van der Waals surface area contributed by atoms with Crippen molar-refractivity contribution in [2.75, 3.05) is 6.54 Å². The monoisotopic (exact) mass is 320 g/mol. The Hall–Kier alpha value is -1.62. The standard InChI is InChI=1S/C15H14Cl2N4/c16-11-3-1-4-12(17)14(11)15-10-9-19-7-5-13(10)21(20-15)8-2-6-18/h1,3-5,7,9H,2,6,8,18H2. The first-order chi connectivity index (χ1) is 10.2. The summed E-state index contributed by atoms with van der Waals surface area (Å²) in [5.41, 5.74) is 8.09. The van der Waals surface area contributed by atoms with Gasteiger partial charge in [-0.15, -0.1) is 0 Å². The van der Waals surface area contributed by atoms with E-state index < -0.39 is 0 Å². The molecule has 2 heterocycles. The summed E-state index contributed by atoms with van der Waals surface area (Å²) < 4.78 is 1.93. The molecule has 0 amide bonds. The normalized spacial score (nSPS) is 11.2. The third-order valence-electron chi connectivity index (χ3n) is 3.33. The maximum absolute atomic E-state index is 6.30. The minimum absolute atomic E-state index is 0.580. The SMILES string of the molecule is NCCCn1nc(-c2c(Cl)cccc2Cl)c2cnccc21. The molecule has 0 spiro atoms. The summed E-state index contributed by atoms with van der Waals surface area (Å²) >= 11 is 12.6. The minimum atomic E-state index is 0.580. The molecule has 6 heteroatoms. The molecule has 1 aromatic carbocycles. The van der Waals surface area contributed by atoms with Gasteiger partial charge in [0.1, 0.15) is 5.69 Å². The smallest absolute Gasteiger partial charge is 0.105 e. The summed E-state index contributed by atoms with van der Waals surface area (Å²) in [7, 11) is 0. The number of fused-ring (bicyclic) bond motifs is 1. The molecule has 0 aliphatic heterocycles. The molecule has 0 radical (unpaired) electrons. The lowest BCUT2D eigenvalue weighted by atomic mass is 10.1. The van der Waals surface area contributed by atoms with Crippen LogP contribution in [0.25, 0.3) is 22.2 Å². The lowest BCUT2D eigenvalue weighted by molar-refractivity contribution is 0.604. The molecule has 0 aliphatic carbocycles. The fraction of sp³-hybridized carbons (Fsp3) is 0.200. The zero-order valence-corrected chi connectivity index (χ0v) is 12.8. The number of aromatic nitrogens is 3. The number of hydrogen-bond acceptors (Lipinski definition) is 3. The Kier molecular flexibility index (Phi) is 4.10. The Balaban J connectivity index is 2.23. The predicted molar refractivity (Wildman–Crippen MR) is 86.7 cm³/mol. The van der Waals surface area contributed by atoms with Crippen LogP contribution in [0.3, 0.4) is 0 Å². The molecule has 3 aromatic rings. The number of nitrogens with two attached hydrogens (primary N) is 1. The van der Waals surface area contributed by atoms with Gasteiger partial charge in [-0.1, -0.05) is 29.3 Å². The number of hydrogen-bond donors (Lipinski definition) is 1. The van der Waals surface area contributed by atoms with E-state index in [1.807, 2.05) is 28.9 Å². The van der Waals surface area contributed by atoms with Crippen LogP contribution in [-0.4, -0.2) is 21.3 Å². The largest absolute Gasteiger partial charge is 0.330 e. The highest BCUT2D eigenvalue weighted by atomic mass is 35.5. The molecule has 108 valence electrons. The Morgan fingerprint density at radius 2 is 1.90 bits per heavy atom. The molecule has 4 nitrogen and oxygen atoms in total. The van der Waals surface area contributed by atoms with Crippen LogP contribution in [0.1, 0.15) is 6.42 Å². The van der Waals surface area contributed by atoms with E-state index in [1.54, 1.807) is 12.4 Å². The molecule has 0 aliphatic rings. The maximum atomic E-state index is 6.30. The van der Waals surface area contributed by atoms with E-state index in [0.717, 1.165) is 35.1 Å². The zero-order chi connectivity index (χ0) is 14.8. The summed E-state index contributed by atoms with van der Waals surface area (Å²) in [4.78, 5) is 4.19. The van der Waals surface area contributed by atoms with E-state index >= 15 is 0 Å². The van der Waals surface area contributed by atoms with E-state index in [2.05, 4.69) is 10.1 Å². The lowest BCUT2D eigenvalue weighted by Gasteiger charge is -2.04. The first kappa shape index (κ1) is 14.3. The predicted octanol–water partition coefficient (Wildman–Crippen LogP) is 3.75. The van der Waals surface area contributed by atoms with Gasteiger partial charge in [0.25, 0.3) is 0 Å². The molecule has 2 N–H and O–H groups in total. The van der Waals surface area contributed by atoms with Crippen molar-refractivity contribution in [1.29, 1.82) is 0 Å². The second-order valence-corrected chi connectivity index (χ2v) is 5.52. The molecule has 21 heavy (non-hydrogen) atoms. The van der Waals surface area contributed by atoms with E-state index in [9.17, 15) is 0 Å². The average molecular weight is 321 g/mol. The third kappa shape index (κ3) is 2.62. The van der Waals surface area contributed by atoms with Gasteiger partial charge in [-0.05, 0) is 31.2 Å². The van der Waals surface area contributed by atoms with Crippen LogP contribution in [0.15, 0.2) is 36.7 Å². The van der Waals surface area contributed by atoms with Gasteiger partial charge in [0, 0.05) is 29.9 Å². The lowest BCUT2D eigenvalue weighted by Crippen LogP contribution is -2.06. The molecule has 0 atom stereocenters. The number of pyridine rings is 1. The summed E-state index contributed by atoms with van der Waals surface area (Å²) in [6.07, 6.45) is 4.39. The molecule has 0 bridgehead atoms. The number of rotatable bonds is 4. The highest BCUT2D eigenvalue weighted by Crippen LogP contribution is 2.37. The summed E-state index contributed by atoms with van der Waals surface area (Å²) in [5.74, 6) is 0. The molecule has 3 rings (SSSR count). The Morgan fingerprint density at radius 1 is 1.14 bits per heavy atom. The van der Waals surface area contributed by atoms with Crippen molar-refractivity contribution in [2.45, 2.75) is 13.0 Å². The van der Waals surface area contributed by atoms with Crippen LogP contribution in [-0.2, 0) is 6.54 Å². The van der Waals surface area contributed by atoms with Crippen molar-refractivity contribution >= 4 is 34.1 Å². The fourth-order valence-electron chi connectivity index (χ4n) is 2.34. The fourth-order valence-corrected chi connectivity index (χ4v) is 2.92. The van der Waals surface area contributed by atoms with Gasteiger partial charge in [-0.25, -0.2) is 0 Å². The molecular weight excluding hydrogens is 307 g/mol. The summed E-state index contributed by atoms with van der Waals surface area (Å²) in [5, 5.41) is 6.77. The number of benzene rings is 1. The van der Waals surface area contributed by atoms with Gasteiger partial charge in [0.15, 0.2) is 0 Å². The van der Waals surface area contributed by atoms with Gasteiger partial charge in [0.2, 0.25) is 0 Å². The maximum Gasteiger partial charge on any atom is 0.105 e. The van der Waals surface area contributed by atoms with Gasteiger partial charge in [-0.3, -0.25) is 9.67 Å². The first-order valence-corrected chi connectivity index (χ1v) is 7.43. The van der Waals surface area contributed by atoms with Crippen molar-refractivity contribution in [3.8, 4) is 11.3 Å². The van der Waals surface area contributed by atoms with Gasteiger partial charge >= 0.3 is 0 Å². The van der Waals surface area contributed by atoms with Gasteiger partial charge in [0.05, 0.1) is 15.6 Å². The second kappa shape index (κ2) is 6.02. The van der Waals surface area contributed by atoms with Crippen LogP contribution >= 0.6 is 23.2 Å². The Morgan fingerprint density at radius 3 is 2.62 bits per heavy atom. The molecule has 0 fully saturated rings. The van der Waals surface area contributed by atoms with Crippen molar-refractivity contribution in [3.05, 3.63) is 46.7 Å². The molecule has 0 saturated carbocycles. The quantitative estimate of drug-likeness (QED) is 0.796. The molecule has 2 aromatic heterocycles. The van der Waals surface area contributed by atoms with E-state index in [4.69, 9.17) is 28.9 Å². The first-order valence-electron chi connectivity index (χ1n) is 6.67. The van der Waals surface area contributed by atoms with E-state index in [0.29, 0.717) is 16.6 Å². The van der Waals surface area contributed by atoms with Gasteiger partial charge < -0.3 is 5.73 Å². The molecule has 0 saturated heterocycles. The highest BCUT2D eigenvalue weighted by Gasteiger charge is 2.17. The van der Waals surface area contributed by atoms with Crippen LogP contribution in [0.5, 0.6) is 0 Å². The van der Waals surface area contributed by atoms with Crippen molar-refractivity contribution in [2.24, 2.45) is 5.73 Å². The number of aryl methyl sites for hydroxylation is 1. The van der Waals surface area contributed by atoms with Crippen LogP contribution in [0.2, 0.25) is 10.0 Å². The van der Waals surface area contributed by atoms with E-state index in [1.165, 1.54) is 0 Å². The molecule has 0 unspecified atom stereocenters. The second-order valence-electron chi connectivity index (χ2n) is 4.70. The van der Waals surface area contributed by atoms with Crippen molar-refractivity contribution < 1.29 is 0 Å². The van der Waals surface area contributed by atoms with Gasteiger partial charge in [-0.2, -0.15) is 5.10 Å². The van der Waals surface area contributed by atoms with Crippen LogP contribution in [0.4, 0.5) is 0 Å². The number of nitrogens with zero attached hydrogens (tertiary/aromatic N) is 3. The average Bonchev–Trinajstić information content (AvgIpc) is 2.84. The van der Waals surface area contributed by atoms with Crippen LogP contribution < -0.4 is 5.73 Å². The topological polar surface area (TPSA) is 56.7 Å². The summed E-state index contributed by atoms with van der Waals surface area (Å²) in [6.45, 7) is 1.37. The minimum Gasteiger partial charge on any atom is -0.330 e. The van der Waals surface area contributed by atoms with E-state index in [-0.39, 0.29) is 0 Å². The Labute approximate surface area is 132 Å². The third-order valence-corrected chi connectivity index (χ3v) is 3.96. The summed E-state index contributed by atoms with van der Waals surface area (Å²) in [6, 6.07) is 7.38. The number of halogens is 2. The van der Waals surface area contributed by atoms with Crippen molar-refractivity contribution in [3.63, 3.8) is 0 Å². The van der Waals surface area contributed by atoms with Crippen LogP contribution in [0, 0.1) is 0 Å². The van der Waals surface area contributed by atoms with Crippen molar-refractivity contribution in [1.82, 2.24) is 14.8 Å². The molecular formula is C15H14Cl2N4.